The number of benzene rings is 2. The fourth-order valence-corrected chi connectivity index (χ4v) is 1.91. The molecule has 0 radical (unpaired) electrons. The van der Waals surface area contributed by atoms with Crippen molar-refractivity contribution in [2.75, 3.05) is 0 Å². The number of rotatable bonds is 2. The smallest absolute Gasteiger partial charge is 0.153 e. The van der Waals surface area contributed by atoms with E-state index in [9.17, 15) is 9.90 Å². The largest absolute Gasteiger partial charge is 0.507 e. The first kappa shape index (κ1) is 11.7. The fourth-order valence-electron chi connectivity index (χ4n) is 1.74. The van der Waals surface area contributed by atoms with Crippen molar-refractivity contribution < 1.29 is 9.90 Å². The lowest BCUT2D eigenvalue weighted by molar-refractivity contribution is 0.112. The van der Waals surface area contributed by atoms with Crippen molar-refractivity contribution in [3.05, 3.63) is 52.5 Å². The summed E-state index contributed by atoms with van der Waals surface area (Å²) in [6.45, 7) is 1.92. The van der Waals surface area contributed by atoms with Gasteiger partial charge in [-0.3, -0.25) is 4.79 Å². The maximum atomic E-state index is 10.8. The van der Waals surface area contributed by atoms with Gasteiger partial charge in [0.05, 0.1) is 5.56 Å². The summed E-state index contributed by atoms with van der Waals surface area (Å²) in [7, 11) is 0. The highest BCUT2D eigenvalue weighted by Gasteiger charge is 2.07. The summed E-state index contributed by atoms with van der Waals surface area (Å²) in [5.41, 5.74) is 3.06. The third-order valence-electron chi connectivity index (χ3n) is 2.73. The predicted molar refractivity (Wildman–Crippen MR) is 68.7 cm³/mol. The Balaban J connectivity index is 2.61. The van der Waals surface area contributed by atoms with Crippen LogP contribution in [0.4, 0.5) is 0 Å². The Hall–Kier alpha value is -1.80. The summed E-state index contributed by atoms with van der Waals surface area (Å²) in [5, 5.41) is 10.1. The normalized spacial score (nSPS) is 10.2. The van der Waals surface area contributed by atoms with Crippen molar-refractivity contribution in [1.29, 1.82) is 0 Å². The van der Waals surface area contributed by atoms with E-state index in [2.05, 4.69) is 0 Å². The minimum Gasteiger partial charge on any atom is -0.507 e. The molecule has 0 aliphatic heterocycles. The highest BCUT2D eigenvalue weighted by atomic mass is 35.5. The van der Waals surface area contributed by atoms with Gasteiger partial charge in [-0.2, -0.15) is 0 Å². The molecule has 0 amide bonds. The molecule has 0 unspecified atom stereocenters. The average molecular weight is 247 g/mol. The summed E-state index contributed by atoms with van der Waals surface area (Å²) in [4.78, 5) is 10.8. The first-order valence-electron chi connectivity index (χ1n) is 5.17. The Morgan fingerprint density at radius 1 is 1.24 bits per heavy atom. The molecule has 17 heavy (non-hydrogen) atoms. The van der Waals surface area contributed by atoms with Gasteiger partial charge in [-0.1, -0.05) is 29.8 Å². The molecule has 86 valence electrons. The molecule has 0 spiro atoms. The van der Waals surface area contributed by atoms with Crippen LogP contribution in [0.3, 0.4) is 0 Å². The molecule has 2 aromatic carbocycles. The fraction of sp³-hybridized carbons (Fsp3) is 0.0714. The van der Waals surface area contributed by atoms with Gasteiger partial charge in [-0.25, -0.2) is 0 Å². The monoisotopic (exact) mass is 246 g/mol. The molecular formula is C14H11ClO2. The molecule has 0 aliphatic carbocycles. The van der Waals surface area contributed by atoms with Gasteiger partial charge >= 0.3 is 0 Å². The standard InChI is InChI=1S/C14H11ClO2/c1-9-12(3-2-4-13(9)15)10-5-6-14(17)11(7-10)8-16/h2-8,17H,1H3. The number of hydrogen-bond acceptors (Lipinski definition) is 2. The number of hydrogen-bond donors (Lipinski definition) is 1. The number of carbonyl (C=O) groups excluding carboxylic acids is 1. The van der Waals surface area contributed by atoms with Crippen LogP contribution in [0.25, 0.3) is 11.1 Å². The van der Waals surface area contributed by atoms with Crippen LogP contribution in [0.15, 0.2) is 36.4 Å². The summed E-state index contributed by atoms with van der Waals surface area (Å²) >= 11 is 6.05. The second-order valence-electron chi connectivity index (χ2n) is 3.80. The van der Waals surface area contributed by atoms with Crippen LogP contribution < -0.4 is 0 Å². The second kappa shape index (κ2) is 4.60. The molecule has 0 aliphatic rings. The van der Waals surface area contributed by atoms with E-state index in [4.69, 9.17) is 11.6 Å². The van der Waals surface area contributed by atoms with Crippen LogP contribution in [0, 0.1) is 6.92 Å². The molecular weight excluding hydrogens is 236 g/mol. The van der Waals surface area contributed by atoms with Gasteiger partial charge in [-0.05, 0) is 41.8 Å². The molecule has 0 saturated carbocycles. The molecule has 3 heteroatoms. The van der Waals surface area contributed by atoms with Gasteiger partial charge in [-0.15, -0.1) is 0 Å². The molecule has 0 atom stereocenters. The van der Waals surface area contributed by atoms with E-state index >= 15 is 0 Å². The lowest BCUT2D eigenvalue weighted by Gasteiger charge is -2.08. The molecule has 0 aromatic heterocycles. The van der Waals surface area contributed by atoms with Crippen molar-refractivity contribution in [3.8, 4) is 16.9 Å². The molecule has 0 heterocycles. The Morgan fingerprint density at radius 2 is 2.00 bits per heavy atom. The van der Waals surface area contributed by atoms with E-state index in [-0.39, 0.29) is 11.3 Å². The molecule has 2 aromatic rings. The van der Waals surface area contributed by atoms with Gasteiger partial charge in [0.2, 0.25) is 0 Å². The lowest BCUT2D eigenvalue weighted by atomic mass is 9.99. The first-order chi connectivity index (χ1) is 8.13. The van der Waals surface area contributed by atoms with E-state index in [0.717, 1.165) is 16.7 Å². The van der Waals surface area contributed by atoms with E-state index in [0.29, 0.717) is 11.3 Å². The Bertz CT molecular complexity index is 576. The maximum absolute atomic E-state index is 10.8. The predicted octanol–water partition coefficient (Wildman–Crippen LogP) is 3.83. The molecule has 0 bridgehead atoms. The highest BCUT2D eigenvalue weighted by molar-refractivity contribution is 6.31. The number of carbonyl (C=O) groups is 1. The van der Waals surface area contributed by atoms with E-state index < -0.39 is 0 Å². The number of aldehydes is 1. The lowest BCUT2D eigenvalue weighted by Crippen LogP contribution is -1.87. The van der Waals surface area contributed by atoms with E-state index in [1.807, 2.05) is 25.1 Å². The van der Waals surface area contributed by atoms with Crippen molar-refractivity contribution in [3.63, 3.8) is 0 Å². The zero-order chi connectivity index (χ0) is 12.4. The van der Waals surface area contributed by atoms with Crippen molar-refractivity contribution in [2.24, 2.45) is 0 Å². The Morgan fingerprint density at radius 3 is 2.71 bits per heavy atom. The third kappa shape index (κ3) is 2.17. The van der Waals surface area contributed by atoms with Crippen molar-refractivity contribution in [2.45, 2.75) is 6.92 Å². The summed E-state index contributed by atoms with van der Waals surface area (Å²) in [6.07, 6.45) is 0.638. The van der Waals surface area contributed by atoms with Gasteiger partial charge in [0.25, 0.3) is 0 Å². The van der Waals surface area contributed by atoms with Crippen molar-refractivity contribution >= 4 is 17.9 Å². The summed E-state index contributed by atoms with van der Waals surface area (Å²) < 4.78 is 0. The number of phenols is 1. The molecule has 0 saturated heterocycles. The SMILES string of the molecule is Cc1c(Cl)cccc1-c1ccc(O)c(C=O)c1. The molecule has 1 N–H and O–H groups in total. The van der Waals surface area contributed by atoms with Gasteiger partial charge < -0.3 is 5.11 Å². The Kier molecular flexibility index (Phi) is 3.16. The zero-order valence-corrected chi connectivity index (χ0v) is 10.0. The van der Waals surface area contributed by atoms with Crippen LogP contribution in [-0.4, -0.2) is 11.4 Å². The van der Waals surface area contributed by atoms with Gasteiger partial charge in [0.15, 0.2) is 6.29 Å². The topological polar surface area (TPSA) is 37.3 Å². The van der Waals surface area contributed by atoms with Gasteiger partial charge in [0, 0.05) is 5.02 Å². The number of halogens is 1. The minimum absolute atomic E-state index is 0.0107. The molecule has 2 nitrogen and oxygen atoms in total. The maximum Gasteiger partial charge on any atom is 0.153 e. The third-order valence-corrected chi connectivity index (χ3v) is 3.14. The van der Waals surface area contributed by atoms with Crippen LogP contribution in [-0.2, 0) is 0 Å². The average Bonchev–Trinajstić information content (AvgIpc) is 2.34. The van der Waals surface area contributed by atoms with Gasteiger partial charge in [0.1, 0.15) is 5.75 Å². The van der Waals surface area contributed by atoms with E-state index in [1.165, 1.54) is 6.07 Å². The van der Waals surface area contributed by atoms with Crippen LogP contribution in [0.2, 0.25) is 5.02 Å². The van der Waals surface area contributed by atoms with Crippen LogP contribution in [0.1, 0.15) is 15.9 Å². The highest BCUT2D eigenvalue weighted by Crippen LogP contribution is 2.30. The molecule has 2 rings (SSSR count). The first-order valence-corrected chi connectivity index (χ1v) is 5.55. The van der Waals surface area contributed by atoms with E-state index in [1.54, 1.807) is 12.1 Å². The number of phenolic OH excluding ortho intramolecular Hbond substituents is 1. The second-order valence-corrected chi connectivity index (χ2v) is 4.21. The summed E-state index contributed by atoms with van der Waals surface area (Å²) in [5.74, 6) is -0.0107. The van der Waals surface area contributed by atoms with Crippen LogP contribution in [0.5, 0.6) is 5.75 Å². The van der Waals surface area contributed by atoms with Crippen molar-refractivity contribution in [1.82, 2.24) is 0 Å². The quantitative estimate of drug-likeness (QED) is 0.818. The minimum atomic E-state index is -0.0107. The van der Waals surface area contributed by atoms with Crippen LogP contribution >= 0.6 is 11.6 Å². The molecule has 0 fully saturated rings. The Labute approximate surface area is 104 Å². The summed E-state index contributed by atoms with van der Waals surface area (Å²) in [6, 6.07) is 10.5. The number of aromatic hydroxyl groups is 1. The zero-order valence-electron chi connectivity index (χ0n) is 9.27.